The quantitative estimate of drug-likeness (QED) is 0.226. The highest BCUT2D eigenvalue weighted by molar-refractivity contribution is 5.94. The van der Waals surface area contributed by atoms with Gasteiger partial charge in [0.05, 0.1) is 23.8 Å². The third-order valence-electron chi connectivity index (χ3n) is 2.82. The Morgan fingerprint density at radius 1 is 0.885 bits per heavy atom. The van der Waals surface area contributed by atoms with Gasteiger partial charge in [-0.3, -0.25) is 10.8 Å². The van der Waals surface area contributed by atoms with E-state index in [0.29, 0.717) is 22.8 Å². The Hall–Kier alpha value is -4.15. The molecule has 2 aromatic heterocycles. The van der Waals surface area contributed by atoms with E-state index in [1.807, 2.05) is 0 Å². The van der Waals surface area contributed by atoms with Crippen LogP contribution in [0.4, 0.5) is 0 Å². The summed E-state index contributed by atoms with van der Waals surface area (Å²) in [6.07, 6.45) is 2.76. The molecular formula is C15H17N11. The molecule has 2 rings (SSSR count). The predicted molar refractivity (Wildman–Crippen MR) is 100 cm³/mol. The van der Waals surface area contributed by atoms with Gasteiger partial charge in [-0.2, -0.15) is 10.2 Å². The van der Waals surface area contributed by atoms with Gasteiger partial charge in [0.2, 0.25) is 5.96 Å². The highest BCUT2D eigenvalue weighted by Crippen LogP contribution is 1.97. The minimum absolute atomic E-state index is 0.0528. The van der Waals surface area contributed by atoms with Crippen molar-refractivity contribution in [2.75, 3.05) is 0 Å². The van der Waals surface area contributed by atoms with Crippen LogP contribution < -0.4 is 22.6 Å². The first kappa shape index (κ1) is 18.2. The van der Waals surface area contributed by atoms with Gasteiger partial charge in [-0.25, -0.2) is 15.4 Å². The molecule has 0 atom stereocenters. The molecule has 9 N–H and O–H groups in total. The van der Waals surface area contributed by atoms with Crippen molar-refractivity contribution in [1.82, 2.24) is 15.4 Å². The summed E-state index contributed by atoms with van der Waals surface area (Å²) in [5, 5.41) is 26.0. The molecule has 0 aliphatic carbocycles. The molecule has 0 aliphatic heterocycles. The molecule has 0 bridgehead atoms. The molecule has 11 heteroatoms. The van der Waals surface area contributed by atoms with Crippen LogP contribution in [0, 0.1) is 10.8 Å². The van der Waals surface area contributed by atoms with Gasteiger partial charge in [0.15, 0.2) is 0 Å². The maximum absolute atomic E-state index is 7.34. The van der Waals surface area contributed by atoms with E-state index in [-0.39, 0.29) is 17.6 Å². The number of pyridine rings is 2. The van der Waals surface area contributed by atoms with Crippen LogP contribution in [0.1, 0.15) is 22.8 Å². The van der Waals surface area contributed by atoms with Crippen molar-refractivity contribution in [3.8, 4) is 0 Å². The molecule has 0 fully saturated rings. The second-order valence-electron chi connectivity index (χ2n) is 4.82. The average Bonchev–Trinajstić information content (AvgIpc) is 2.62. The maximum atomic E-state index is 7.34. The molecule has 11 nitrogen and oxygen atoms in total. The number of hydrogen-bond acceptors (Lipinski definition) is 7. The van der Waals surface area contributed by atoms with Gasteiger partial charge >= 0.3 is 0 Å². The lowest BCUT2D eigenvalue weighted by molar-refractivity contribution is 0.991. The lowest BCUT2D eigenvalue weighted by atomic mass is 10.3. The number of nitrogen functional groups attached to an aromatic ring is 2. The van der Waals surface area contributed by atoms with E-state index in [1.54, 1.807) is 36.4 Å². The van der Waals surface area contributed by atoms with Crippen LogP contribution >= 0.6 is 0 Å². The highest BCUT2D eigenvalue weighted by Gasteiger charge is 1.99. The van der Waals surface area contributed by atoms with E-state index in [1.165, 1.54) is 12.4 Å². The molecule has 0 spiro atoms. The van der Waals surface area contributed by atoms with Crippen LogP contribution in [-0.4, -0.2) is 40.0 Å². The van der Waals surface area contributed by atoms with Gasteiger partial charge in [0.25, 0.3) is 0 Å². The van der Waals surface area contributed by atoms with Crippen LogP contribution in [0.15, 0.2) is 51.7 Å². The zero-order chi connectivity index (χ0) is 18.9. The number of hydrogen-bond donors (Lipinski definition) is 6. The van der Waals surface area contributed by atoms with Gasteiger partial charge in [-0.1, -0.05) is 12.1 Å². The van der Waals surface area contributed by atoms with Crippen LogP contribution in [0.3, 0.4) is 0 Å². The molecule has 0 radical (unpaired) electrons. The zero-order valence-corrected chi connectivity index (χ0v) is 13.6. The summed E-state index contributed by atoms with van der Waals surface area (Å²) in [5.41, 5.74) is 20.5. The summed E-state index contributed by atoms with van der Waals surface area (Å²) in [7, 11) is 0. The molecule has 132 valence electrons. The fraction of sp³-hybridized carbons (Fsp3) is 0. The van der Waals surface area contributed by atoms with E-state index < -0.39 is 0 Å². The van der Waals surface area contributed by atoms with Crippen molar-refractivity contribution in [2.24, 2.45) is 32.5 Å². The number of hydrazone groups is 1. The first-order valence-corrected chi connectivity index (χ1v) is 7.24. The molecule has 0 amide bonds. The van der Waals surface area contributed by atoms with Gasteiger partial charge in [0, 0.05) is 0 Å². The Balaban J connectivity index is 1.96. The van der Waals surface area contributed by atoms with Crippen LogP contribution in [0.25, 0.3) is 0 Å². The lowest BCUT2D eigenvalue weighted by Gasteiger charge is -1.99. The van der Waals surface area contributed by atoms with Gasteiger partial charge in [0.1, 0.15) is 23.1 Å². The molecule has 26 heavy (non-hydrogen) atoms. The van der Waals surface area contributed by atoms with Gasteiger partial charge < -0.3 is 17.2 Å². The largest absolute Gasteiger partial charge is 0.382 e. The van der Waals surface area contributed by atoms with Gasteiger partial charge in [-0.15, -0.1) is 5.10 Å². The lowest BCUT2D eigenvalue weighted by Crippen LogP contribution is -2.26. The summed E-state index contributed by atoms with van der Waals surface area (Å²) in [4.78, 5) is 8.21. The molecule has 0 saturated carbocycles. The number of nitrogens with one attached hydrogen (secondary N) is 3. The van der Waals surface area contributed by atoms with E-state index in [4.69, 9.17) is 28.0 Å². The fourth-order valence-electron chi connectivity index (χ4n) is 1.68. The monoisotopic (exact) mass is 351 g/mol. The third-order valence-corrected chi connectivity index (χ3v) is 2.82. The number of amidine groups is 2. The van der Waals surface area contributed by atoms with Crippen LogP contribution in [0.2, 0.25) is 0 Å². The standard InChI is InChI=1S/C15H17N11/c16-13(17)11-5-1-3-9(23-11)7-21-25-15(20)26-22-8-10-4-2-6-12(24-10)14(18)19/h1-8H,(H3,16,17)(H3,18,19)(H3,20,25,26)/b21-7+,22-8+. The number of rotatable bonds is 6. The number of nitrogens with zero attached hydrogens (tertiary/aromatic N) is 5. The first-order valence-electron chi connectivity index (χ1n) is 7.24. The van der Waals surface area contributed by atoms with Crippen molar-refractivity contribution in [1.29, 1.82) is 10.8 Å². The van der Waals surface area contributed by atoms with Crippen molar-refractivity contribution in [3.05, 3.63) is 59.2 Å². The summed E-state index contributed by atoms with van der Waals surface area (Å²) in [6, 6.07) is 10.0. The Labute approximate surface area is 148 Å². The van der Waals surface area contributed by atoms with E-state index in [2.05, 4.69) is 30.7 Å². The number of nitrogens with two attached hydrogens (primary N) is 3. The van der Waals surface area contributed by atoms with Crippen LogP contribution in [0.5, 0.6) is 0 Å². The van der Waals surface area contributed by atoms with E-state index >= 15 is 0 Å². The minimum Gasteiger partial charge on any atom is -0.382 e. The average molecular weight is 351 g/mol. The SMILES string of the molecule is N=C(N)c1cccc(/C=N/N=C(\N)N/N=C/c2cccc(C(=N)N)n2)n1. The first-order chi connectivity index (χ1) is 12.5. The predicted octanol–water partition coefficient (Wildman–Crippen LogP) is -0.683. The molecular weight excluding hydrogens is 334 g/mol. The smallest absolute Gasteiger partial charge is 0.234 e. The minimum atomic E-state index is -0.137. The number of aromatic nitrogens is 2. The van der Waals surface area contributed by atoms with Crippen molar-refractivity contribution < 1.29 is 0 Å². The third kappa shape index (κ3) is 5.49. The Morgan fingerprint density at radius 3 is 1.96 bits per heavy atom. The maximum Gasteiger partial charge on any atom is 0.234 e. The fourth-order valence-corrected chi connectivity index (χ4v) is 1.68. The summed E-state index contributed by atoms with van der Waals surface area (Å²) < 4.78 is 0. The highest BCUT2D eigenvalue weighted by atomic mass is 15.4. The van der Waals surface area contributed by atoms with Crippen molar-refractivity contribution in [3.63, 3.8) is 0 Å². The molecule has 0 saturated heterocycles. The Kier molecular flexibility index (Phi) is 6.04. The summed E-state index contributed by atoms with van der Waals surface area (Å²) in [6.45, 7) is 0. The topological polar surface area (TPSA) is 201 Å². The molecule has 2 aromatic rings. The molecule has 2 heterocycles. The van der Waals surface area contributed by atoms with Gasteiger partial charge in [-0.05, 0) is 24.3 Å². The molecule has 0 unspecified atom stereocenters. The summed E-state index contributed by atoms with van der Waals surface area (Å²) >= 11 is 0. The zero-order valence-electron chi connectivity index (χ0n) is 13.6. The summed E-state index contributed by atoms with van der Waals surface area (Å²) in [5.74, 6) is -0.323. The van der Waals surface area contributed by atoms with Crippen molar-refractivity contribution in [2.45, 2.75) is 0 Å². The number of guanidine groups is 1. The normalized spacial score (nSPS) is 11.8. The second-order valence-corrected chi connectivity index (χ2v) is 4.82. The molecule has 0 aliphatic rings. The molecule has 0 aromatic carbocycles. The van der Waals surface area contributed by atoms with E-state index in [0.717, 1.165) is 0 Å². The Morgan fingerprint density at radius 2 is 1.42 bits per heavy atom. The van der Waals surface area contributed by atoms with Crippen LogP contribution in [-0.2, 0) is 0 Å². The van der Waals surface area contributed by atoms with E-state index in [9.17, 15) is 0 Å². The Bertz CT molecular complexity index is 898. The second kappa shape index (κ2) is 8.63. The van der Waals surface area contributed by atoms with Crippen molar-refractivity contribution >= 4 is 30.1 Å².